The largest absolute Gasteiger partial charge is 0.381 e. The molecule has 3 heterocycles. The number of ether oxygens (including phenoxy) is 3. The number of rotatable bonds is 7. The minimum Gasteiger partial charge on any atom is -0.381 e. The molecule has 3 aliphatic heterocycles. The van der Waals surface area contributed by atoms with Crippen LogP contribution in [-0.4, -0.2) is 64.2 Å². The monoisotopic (exact) mass is 325 g/mol. The lowest BCUT2D eigenvalue weighted by molar-refractivity contribution is 0.0203. The van der Waals surface area contributed by atoms with Gasteiger partial charge in [0.25, 0.3) is 0 Å². The SMILES string of the molecule is CN=C(NCCCOCC1CCOCC1)NC1CC2CCC1O2. The van der Waals surface area contributed by atoms with E-state index in [2.05, 4.69) is 15.6 Å². The highest BCUT2D eigenvalue weighted by Crippen LogP contribution is 2.34. The molecule has 0 radical (unpaired) electrons. The van der Waals surface area contributed by atoms with Crippen molar-refractivity contribution in [2.45, 2.75) is 56.8 Å². The Labute approximate surface area is 139 Å². The molecule has 3 saturated heterocycles. The molecule has 3 fully saturated rings. The van der Waals surface area contributed by atoms with Crippen molar-refractivity contribution in [1.82, 2.24) is 10.6 Å². The van der Waals surface area contributed by atoms with Crippen molar-refractivity contribution >= 4 is 5.96 Å². The molecule has 3 unspecified atom stereocenters. The van der Waals surface area contributed by atoms with Crippen molar-refractivity contribution in [3.8, 4) is 0 Å². The van der Waals surface area contributed by atoms with E-state index in [1.54, 1.807) is 0 Å². The molecule has 0 saturated carbocycles. The van der Waals surface area contributed by atoms with E-state index in [0.29, 0.717) is 24.2 Å². The summed E-state index contributed by atoms with van der Waals surface area (Å²) in [5.41, 5.74) is 0. The van der Waals surface area contributed by atoms with Crippen LogP contribution in [0.5, 0.6) is 0 Å². The van der Waals surface area contributed by atoms with Crippen molar-refractivity contribution in [3.63, 3.8) is 0 Å². The highest BCUT2D eigenvalue weighted by molar-refractivity contribution is 5.80. The van der Waals surface area contributed by atoms with Gasteiger partial charge in [-0.05, 0) is 44.4 Å². The molecule has 0 aromatic rings. The van der Waals surface area contributed by atoms with E-state index in [1.807, 2.05) is 7.05 Å². The third kappa shape index (κ3) is 5.06. The summed E-state index contributed by atoms with van der Waals surface area (Å²) in [4.78, 5) is 4.31. The minimum absolute atomic E-state index is 0.376. The summed E-state index contributed by atoms with van der Waals surface area (Å²) in [5, 5.41) is 6.88. The summed E-state index contributed by atoms with van der Waals surface area (Å²) < 4.78 is 17.0. The summed E-state index contributed by atoms with van der Waals surface area (Å²) >= 11 is 0. The van der Waals surface area contributed by atoms with Gasteiger partial charge < -0.3 is 24.8 Å². The third-order valence-electron chi connectivity index (χ3n) is 5.10. The lowest BCUT2D eigenvalue weighted by Gasteiger charge is -2.23. The molecule has 6 heteroatoms. The van der Waals surface area contributed by atoms with E-state index in [-0.39, 0.29) is 0 Å². The van der Waals surface area contributed by atoms with Gasteiger partial charge in [-0.1, -0.05) is 0 Å². The van der Waals surface area contributed by atoms with Gasteiger partial charge >= 0.3 is 0 Å². The second-order valence-corrected chi connectivity index (χ2v) is 6.84. The third-order valence-corrected chi connectivity index (χ3v) is 5.10. The Hall–Kier alpha value is -0.850. The zero-order valence-corrected chi connectivity index (χ0v) is 14.3. The van der Waals surface area contributed by atoms with Crippen LogP contribution >= 0.6 is 0 Å². The molecule has 6 nitrogen and oxygen atoms in total. The smallest absolute Gasteiger partial charge is 0.191 e. The average Bonchev–Trinajstić information content (AvgIpc) is 3.20. The molecule has 0 aromatic heterocycles. The number of nitrogens with one attached hydrogen (secondary N) is 2. The molecule has 0 spiro atoms. The van der Waals surface area contributed by atoms with Crippen LogP contribution in [0.2, 0.25) is 0 Å². The first-order chi connectivity index (χ1) is 11.3. The van der Waals surface area contributed by atoms with Gasteiger partial charge in [-0.25, -0.2) is 0 Å². The van der Waals surface area contributed by atoms with Crippen LogP contribution in [-0.2, 0) is 14.2 Å². The van der Waals surface area contributed by atoms with Crippen molar-refractivity contribution in [2.75, 3.05) is 40.0 Å². The van der Waals surface area contributed by atoms with Crippen molar-refractivity contribution in [2.24, 2.45) is 10.9 Å². The van der Waals surface area contributed by atoms with Gasteiger partial charge in [0.1, 0.15) is 0 Å². The molecule has 0 amide bonds. The number of hydrogen-bond donors (Lipinski definition) is 2. The lowest BCUT2D eigenvalue weighted by atomic mass is 9.96. The molecular formula is C17H31N3O3. The second-order valence-electron chi connectivity index (χ2n) is 6.84. The number of aliphatic imine (C=N–C) groups is 1. The van der Waals surface area contributed by atoms with Gasteiger partial charge in [-0.15, -0.1) is 0 Å². The van der Waals surface area contributed by atoms with Crippen LogP contribution in [0, 0.1) is 5.92 Å². The van der Waals surface area contributed by atoms with Crippen LogP contribution < -0.4 is 10.6 Å². The number of fused-ring (bicyclic) bond motifs is 2. The zero-order chi connectivity index (χ0) is 15.9. The van der Waals surface area contributed by atoms with Crippen LogP contribution in [0.25, 0.3) is 0 Å². The molecule has 3 aliphatic rings. The highest BCUT2D eigenvalue weighted by Gasteiger charge is 2.41. The Balaban J connectivity index is 1.23. The van der Waals surface area contributed by atoms with E-state index < -0.39 is 0 Å². The lowest BCUT2D eigenvalue weighted by Crippen LogP contribution is -2.47. The number of hydrogen-bond acceptors (Lipinski definition) is 4. The van der Waals surface area contributed by atoms with Gasteiger partial charge in [0.05, 0.1) is 18.2 Å². The quantitative estimate of drug-likeness (QED) is 0.420. The predicted octanol–water partition coefficient (Wildman–Crippen LogP) is 1.30. The van der Waals surface area contributed by atoms with E-state index in [4.69, 9.17) is 14.2 Å². The Bertz CT molecular complexity index is 385. The van der Waals surface area contributed by atoms with E-state index >= 15 is 0 Å². The normalized spacial score (nSPS) is 31.5. The predicted molar refractivity (Wildman–Crippen MR) is 89.8 cm³/mol. The molecule has 2 bridgehead atoms. The molecule has 3 atom stereocenters. The maximum absolute atomic E-state index is 5.87. The Morgan fingerprint density at radius 3 is 2.78 bits per heavy atom. The molecule has 3 rings (SSSR count). The fourth-order valence-electron chi connectivity index (χ4n) is 3.70. The number of guanidine groups is 1. The van der Waals surface area contributed by atoms with E-state index in [0.717, 1.165) is 64.6 Å². The minimum atomic E-state index is 0.376. The molecule has 2 N–H and O–H groups in total. The fraction of sp³-hybridized carbons (Fsp3) is 0.941. The summed E-state index contributed by atoms with van der Waals surface area (Å²) in [6.07, 6.45) is 7.63. The van der Waals surface area contributed by atoms with Gasteiger partial charge in [0, 0.05) is 40.0 Å². The topological polar surface area (TPSA) is 64.1 Å². The Morgan fingerprint density at radius 1 is 1.22 bits per heavy atom. The van der Waals surface area contributed by atoms with Crippen LogP contribution in [0.15, 0.2) is 4.99 Å². The fourth-order valence-corrected chi connectivity index (χ4v) is 3.70. The standard InChI is InChI=1S/C17H31N3O3/c1-18-17(20-15-11-14-3-4-16(15)23-14)19-7-2-8-22-12-13-5-9-21-10-6-13/h13-16H,2-12H2,1H3,(H2,18,19,20). The van der Waals surface area contributed by atoms with Crippen molar-refractivity contribution in [3.05, 3.63) is 0 Å². The summed E-state index contributed by atoms with van der Waals surface area (Å²) in [6, 6.07) is 0.421. The molecular weight excluding hydrogens is 294 g/mol. The first-order valence-corrected chi connectivity index (χ1v) is 9.13. The summed E-state index contributed by atoms with van der Waals surface area (Å²) in [7, 11) is 1.82. The van der Waals surface area contributed by atoms with Gasteiger partial charge in [0.2, 0.25) is 0 Å². The average molecular weight is 325 g/mol. The highest BCUT2D eigenvalue weighted by atomic mass is 16.5. The molecule has 0 aromatic carbocycles. The zero-order valence-electron chi connectivity index (χ0n) is 14.3. The first kappa shape index (κ1) is 17.0. The van der Waals surface area contributed by atoms with Crippen molar-refractivity contribution in [1.29, 1.82) is 0 Å². The van der Waals surface area contributed by atoms with Crippen LogP contribution in [0.3, 0.4) is 0 Å². The molecule has 0 aliphatic carbocycles. The van der Waals surface area contributed by atoms with Crippen LogP contribution in [0.1, 0.15) is 38.5 Å². The Kier molecular flexibility index (Phi) is 6.54. The van der Waals surface area contributed by atoms with Gasteiger partial charge in [-0.2, -0.15) is 0 Å². The Morgan fingerprint density at radius 2 is 2.09 bits per heavy atom. The second kappa shape index (κ2) is 8.85. The number of nitrogens with zero attached hydrogens (tertiary/aromatic N) is 1. The van der Waals surface area contributed by atoms with E-state index in [9.17, 15) is 0 Å². The molecule has 23 heavy (non-hydrogen) atoms. The first-order valence-electron chi connectivity index (χ1n) is 9.13. The maximum Gasteiger partial charge on any atom is 0.191 e. The van der Waals surface area contributed by atoms with Gasteiger partial charge in [0.15, 0.2) is 5.96 Å². The van der Waals surface area contributed by atoms with E-state index in [1.165, 1.54) is 12.8 Å². The molecule has 132 valence electrons. The van der Waals surface area contributed by atoms with Gasteiger partial charge in [-0.3, -0.25) is 4.99 Å². The maximum atomic E-state index is 5.87. The van der Waals surface area contributed by atoms with Crippen LogP contribution in [0.4, 0.5) is 0 Å². The summed E-state index contributed by atoms with van der Waals surface area (Å²) in [6.45, 7) is 4.35. The van der Waals surface area contributed by atoms with Crippen molar-refractivity contribution < 1.29 is 14.2 Å². The summed E-state index contributed by atoms with van der Waals surface area (Å²) in [5.74, 6) is 1.57.